The fourth-order valence-corrected chi connectivity index (χ4v) is 5.55. The zero-order chi connectivity index (χ0) is 42.4. The summed E-state index contributed by atoms with van der Waals surface area (Å²) in [6.07, 6.45) is -5.02. The van der Waals surface area contributed by atoms with E-state index in [9.17, 15) is 24.0 Å². The summed E-state index contributed by atoms with van der Waals surface area (Å²) in [6, 6.07) is 10.8. The predicted octanol–water partition coefficient (Wildman–Crippen LogP) is 5.19. The van der Waals surface area contributed by atoms with Gasteiger partial charge in [0.05, 0.1) is 35.5 Å². The van der Waals surface area contributed by atoms with E-state index >= 15 is 0 Å². The molecule has 17 nitrogen and oxygen atoms in total. The fourth-order valence-electron chi connectivity index (χ4n) is 5.55. The van der Waals surface area contributed by atoms with Gasteiger partial charge in [0.2, 0.25) is 11.5 Å². The van der Waals surface area contributed by atoms with Gasteiger partial charge >= 0.3 is 29.8 Å². The lowest BCUT2D eigenvalue weighted by Crippen LogP contribution is -2.35. The monoisotopic (exact) mass is 800 g/mol. The van der Waals surface area contributed by atoms with Crippen molar-refractivity contribution in [2.75, 3.05) is 48.8 Å². The van der Waals surface area contributed by atoms with Gasteiger partial charge in [-0.2, -0.15) is 0 Å². The van der Waals surface area contributed by atoms with Gasteiger partial charge in [-0.1, -0.05) is 6.07 Å². The largest absolute Gasteiger partial charge is 0.493 e. The molecule has 0 aromatic heterocycles. The summed E-state index contributed by atoms with van der Waals surface area (Å²) in [5, 5.41) is 0. The molecule has 0 N–H and O–H groups in total. The van der Waals surface area contributed by atoms with Crippen LogP contribution in [0.15, 0.2) is 42.5 Å². The smallest absolute Gasteiger partial charge is 0.308 e. The molecule has 0 saturated heterocycles. The lowest BCUT2D eigenvalue weighted by atomic mass is 10.0. The molecular formula is C40H48O17. The van der Waals surface area contributed by atoms with Crippen LogP contribution in [0.2, 0.25) is 0 Å². The third-order valence-corrected chi connectivity index (χ3v) is 7.89. The summed E-state index contributed by atoms with van der Waals surface area (Å²) >= 11 is 0. The Morgan fingerprint density at radius 1 is 0.474 bits per heavy atom. The molecule has 57 heavy (non-hydrogen) atoms. The lowest BCUT2D eigenvalue weighted by molar-refractivity contribution is -0.159. The number of rotatable bonds is 20. The van der Waals surface area contributed by atoms with Gasteiger partial charge in [-0.25, -0.2) is 0 Å². The average Bonchev–Trinajstić information content (AvgIpc) is 3.15. The molecule has 4 unspecified atom stereocenters. The molecule has 4 atom stereocenters. The summed E-state index contributed by atoms with van der Waals surface area (Å²) in [5.74, 6) is -2.34. The van der Waals surface area contributed by atoms with E-state index in [-0.39, 0.29) is 40.1 Å². The maximum absolute atomic E-state index is 12.6. The van der Waals surface area contributed by atoms with Crippen LogP contribution in [-0.2, 0) is 42.9 Å². The molecule has 0 spiro atoms. The van der Waals surface area contributed by atoms with Crippen molar-refractivity contribution in [3.63, 3.8) is 0 Å². The minimum Gasteiger partial charge on any atom is -0.493 e. The Kier molecular flexibility index (Phi) is 16.6. The number of carbonyl (C=O) groups is 5. The molecule has 0 radical (unpaired) electrons. The highest BCUT2D eigenvalue weighted by atomic mass is 16.6. The predicted molar refractivity (Wildman–Crippen MR) is 199 cm³/mol. The Morgan fingerprint density at radius 2 is 0.860 bits per heavy atom. The third kappa shape index (κ3) is 12.6. The molecule has 0 heterocycles. The number of benzene rings is 3. The second-order valence-corrected chi connectivity index (χ2v) is 12.2. The van der Waals surface area contributed by atoms with Crippen molar-refractivity contribution in [1.29, 1.82) is 0 Å². The highest BCUT2D eigenvalue weighted by molar-refractivity contribution is 5.71. The van der Waals surface area contributed by atoms with Gasteiger partial charge < -0.3 is 56.8 Å². The van der Waals surface area contributed by atoms with Crippen molar-refractivity contribution in [3.8, 4) is 46.0 Å². The summed E-state index contributed by atoms with van der Waals surface area (Å²) in [4.78, 5) is 60.9. The lowest BCUT2D eigenvalue weighted by Gasteiger charge is -2.31. The standard InChI is InChI=1S/C40H48O17/c1-21-14-31(47-8)39(32(15-21)48-9)57-36(20-52-23(3)42)38(55-26(6)45)28-17-33(49-10)40(34(18-28)50-11)56-35(19-51-22(2)41)37(54-25(5)44)27-12-13-29(53-24(4)43)30(16-27)46-7/h12-18,35-38H,19-20H2,1-11H3. The van der Waals surface area contributed by atoms with Crippen molar-refractivity contribution in [2.24, 2.45) is 0 Å². The van der Waals surface area contributed by atoms with E-state index in [4.69, 9.17) is 56.8 Å². The highest BCUT2D eigenvalue weighted by Crippen LogP contribution is 2.45. The first-order chi connectivity index (χ1) is 27.0. The highest BCUT2D eigenvalue weighted by Gasteiger charge is 2.36. The molecule has 0 amide bonds. The maximum atomic E-state index is 12.6. The van der Waals surface area contributed by atoms with Crippen LogP contribution in [-0.4, -0.2) is 90.8 Å². The zero-order valence-electron chi connectivity index (χ0n) is 33.7. The Balaban J connectivity index is 2.23. The number of carbonyl (C=O) groups excluding carboxylic acids is 5. The third-order valence-electron chi connectivity index (χ3n) is 7.89. The summed E-state index contributed by atoms with van der Waals surface area (Å²) < 4.78 is 68.4. The van der Waals surface area contributed by atoms with Crippen LogP contribution >= 0.6 is 0 Å². The Hall–Kier alpha value is -6.39. The molecule has 17 heteroatoms. The first-order valence-corrected chi connectivity index (χ1v) is 17.3. The second kappa shape index (κ2) is 21.1. The van der Waals surface area contributed by atoms with E-state index in [1.165, 1.54) is 100 Å². The number of aryl methyl sites for hydroxylation is 1. The van der Waals surface area contributed by atoms with Crippen LogP contribution in [0.25, 0.3) is 0 Å². The van der Waals surface area contributed by atoms with Crippen molar-refractivity contribution in [1.82, 2.24) is 0 Å². The number of methoxy groups -OCH3 is 5. The normalized spacial score (nSPS) is 12.7. The van der Waals surface area contributed by atoms with Gasteiger partial charge in [0.1, 0.15) is 13.2 Å². The van der Waals surface area contributed by atoms with E-state index in [1.54, 1.807) is 12.1 Å². The molecule has 0 saturated carbocycles. The van der Waals surface area contributed by atoms with E-state index in [2.05, 4.69) is 0 Å². The summed E-state index contributed by atoms with van der Waals surface area (Å²) in [5.41, 5.74) is 1.36. The van der Waals surface area contributed by atoms with Crippen LogP contribution in [0.4, 0.5) is 0 Å². The number of hydrogen-bond donors (Lipinski definition) is 0. The Bertz CT molecular complexity index is 1850. The van der Waals surface area contributed by atoms with E-state index in [1.807, 2.05) is 6.92 Å². The van der Waals surface area contributed by atoms with E-state index in [0.717, 1.165) is 5.56 Å². The van der Waals surface area contributed by atoms with Crippen molar-refractivity contribution < 1.29 is 80.8 Å². The zero-order valence-corrected chi connectivity index (χ0v) is 33.7. The van der Waals surface area contributed by atoms with Gasteiger partial charge in [0.25, 0.3) is 0 Å². The van der Waals surface area contributed by atoms with E-state index in [0.29, 0.717) is 17.1 Å². The fraction of sp³-hybridized carbons (Fsp3) is 0.425. The van der Waals surface area contributed by atoms with Crippen molar-refractivity contribution in [2.45, 2.75) is 66.0 Å². The van der Waals surface area contributed by atoms with Gasteiger partial charge in [-0.15, -0.1) is 0 Å². The van der Waals surface area contributed by atoms with Crippen LogP contribution in [0.5, 0.6) is 46.0 Å². The van der Waals surface area contributed by atoms with Crippen LogP contribution < -0.4 is 37.9 Å². The van der Waals surface area contributed by atoms with Crippen LogP contribution in [0.3, 0.4) is 0 Å². The molecular weight excluding hydrogens is 752 g/mol. The molecule has 3 aromatic carbocycles. The molecule has 3 rings (SSSR count). The van der Waals surface area contributed by atoms with E-state index < -0.39 is 67.5 Å². The number of hydrogen-bond acceptors (Lipinski definition) is 17. The maximum Gasteiger partial charge on any atom is 0.308 e. The SMILES string of the molecule is COc1cc(C(OC(C)=O)C(COC(C)=O)Oc2c(OC)cc(C(OC(C)=O)C(COC(C)=O)Oc3c(OC)cc(C)cc3OC)cc2OC)ccc1OC(C)=O. The number of esters is 5. The summed E-state index contributed by atoms with van der Waals surface area (Å²) in [7, 11) is 6.91. The molecule has 310 valence electrons. The van der Waals surface area contributed by atoms with Gasteiger partial charge in [0.15, 0.2) is 58.9 Å². The van der Waals surface area contributed by atoms with Gasteiger partial charge in [-0.05, 0) is 48.9 Å². The van der Waals surface area contributed by atoms with Gasteiger partial charge in [-0.3, -0.25) is 24.0 Å². The Labute approximate surface area is 330 Å². The van der Waals surface area contributed by atoms with Crippen LogP contribution in [0, 0.1) is 6.92 Å². The molecule has 0 aliphatic rings. The van der Waals surface area contributed by atoms with Gasteiger partial charge in [0, 0.05) is 45.7 Å². The molecule has 0 fully saturated rings. The number of ether oxygens (including phenoxy) is 12. The minimum atomic E-state index is -1.29. The first-order valence-electron chi connectivity index (χ1n) is 17.3. The quantitative estimate of drug-likeness (QED) is 0.0821. The first kappa shape index (κ1) is 45.0. The van der Waals surface area contributed by atoms with Crippen LogP contribution in [0.1, 0.15) is 63.5 Å². The summed E-state index contributed by atoms with van der Waals surface area (Å²) in [6.45, 7) is 6.99. The van der Waals surface area contributed by atoms with Crippen molar-refractivity contribution >= 4 is 29.8 Å². The molecule has 0 aliphatic heterocycles. The molecule has 3 aromatic rings. The average molecular weight is 801 g/mol. The van der Waals surface area contributed by atoms with Crippen molar-refractivity contribution in [3.05, 3.63) is 59.2 Å². The molecule has 0 bridgehead atoms. The minimum absolute atomic E-state index is 0.0235. The topological polar surface area (TPSA) is 196 Å². The second-order valence-electron chi connectivity index (χ2n) is 12.2. The molecule has 0 aliphatic carbocycles. The Morgan fingerprint density at radius 3 is 1.23 bits per heavy atom.